The van der Waals surface area contributed by atoms with Gasteiger partial charge in [-0.25, -0.2) is 9.59 Å². The second kappa shape index (κ2) is 10.8. The molecule has 2 N–H and O–H groups in total. The summed E-state index contributed by atoms with van der Waals surface area (Å²) in [6.07, 6.45) is 10.5. The summed E-state index contributed by atoms with van der Waals surface area (Å²) < 4.78 is 8.84. The first-order valence-electron chi connectivity index (χ1n) is 7.18. The Hall–Kier alpha value is -1.89. The van der Waals surface area contributed by atoms with E-state index in [1.54, 1.807) is 11.8 Å². The van der Waals surface area contributed by atoms with E-state index in [1.165, 1.54) is 17.3 Å². The topological polar surface area (TPSA) is 104 Å². The van der Waals surface area contributed by atoms with E-state index in [0.29, 0.717) is 0 Å². The van der Waals surface area contributed by atoms with Gasteiger partial charge >= 0.3 is 11.9 Å². The number of hydrogen-bond donors (Lipinski definition) is 2. The normalized spacial score (nSPS) is 14.1. The second-order valence-electron chi connectivity index (χ2n) is 4.94. The molecule has 0 spiro atoms. The number of rotatable bonds is 5. The largest absolute Gasteiger partial charge is 0.473 e. The summed E-state index contributed by atoms with van der Waals surface area (Å²) in [5.74, 6) is 0.0382. The Kier molecular flexibility index (Phi) is 9.07. The van der Waals surface area contributed by atoms with Crippen molar-refractivity contribution in [2.45, 2.75) is 24.3 Å². The molecule has 1 aliphatic heterocycles. The third-order valence-electron chi connectivity index (χ3n) is 2.99. The van der Waals surface area contributed by atoms with Crippen LogP contribution in [0.4, 0.5) is 0 Å². The van der Waals surface area contributed by atoms with Crippen LogP contribution in [0.25, 0.3) is 5.57 Å². The number of terminal acetylenes is 1. The maximum Gasteiger partial charge on any atom is 0.414 e. The highest BCUT2D eigenvalue weighted by molar-refractivity contribution is 7.99. The number of likely N-dealkylation sites (N-methyl/N-ethyl adjacent to an activating group) is 1. The number of unbranched alkanes of at least 4 members (excludes halogenated alkanes) is 1. The molecular weight excluding hydrogens is 350 g/mol. The molecule has 2 rings (SSSR count). The van der Waals surface area contributed by atoms with E-state index < -0.39 is 11.9 Å². The van der Waals surface area contributed by atoms with Gasteiger partial charge in [-0.15, -0.1) is 24.1 Å². The van der Waals surface area contributed by atoms with Gasteiger partial charge in [0.05, 0.1) is 11.7 Å². The summed E-state index contributed by atoms with van der Waals surface area (Å²) in [6, 6.07) is 0. The fraction of sp³-hybridized carbons (Fsp3) is 0.467. The van der Waals surface area contributed by atoms with Crippen LogP contribution < -0.4 is 0 Å². The minimum Gasteiger partial charge on any atom is -0.473 e. The molecule has 9 heteroatoms. The van der Waals surface area contributed by atoms with Crippen molar-refractivity contribution in [2.24, 2.45) is 0 Å². The molecule has 0 radical (unpaired) electrons. The maximum atomic E-state index is 9.10. The SMILES string of the molecule is C#CCCCSc1nsnc1C1=CCCN(C)C1.O=C(O)C(=O)O. The van der Waals surface area contributed by atoms with Crippen molar-refractivity contribution in [2.75, 3.05) is 25.9 Å². The molecule has 1 aromatic heterocycles. The Morgan fingerprint density at radius 1 is 1.42 bits per heavy atom. The van der Waals surface area contributed by atoms with E-state index in [-0.39, 0.29) is 0 Å². The molecule has 1 aliphatic rings. The van der Waals surface area contributed by atoms with Gasteiger partial charge < -0.3 is 15.1 Å². The second-order valence-corrected chi connectivity index (χ2v) is 6.55. The Labute approximate surface area is 149 Å². The average molecular weight is 369 g/mol. The number of aliphatic carboxylic acids is 2. The molecule has 1 aromatic rings. The molecule has 0 aromatic carbocycles. The first-order valence-corrected chi connectivity index (χ1v) is 8.90. The number of aromatic nitrogens is 2. The fourth-order valence-electron chi connectivity index (χ4n) is 1.88. The Morgan fingerprint density at radius 3 is 2.71 bits per heavy atom. The number of hydrogen-bond acceptors (Lipinski definition) is 7. The number of carboxylic acid groups (broad SMARTS) is 2. The molecule has 0 saturated heterocycles. The number of nitrogens with zero attached hydrogens (tertiary/aromatic N) is 3. The van der Waals surface area contributed by atoms with Crippen molar-refractivity contribution in [3.8, 4) is 12.3 Å². The molecule has 24 heavy (non-hydrogen) atoms. The van der Waals surface area contributed by atoms with Gasteiger partial charge in [-0.05, 0) is 25.5 Å². The lowest BCUT2D eigenvalue weighted by atomic mass is 10.1. The summed E-state index contributed by atoms with van der Waals surface area (Å²) in [6.45, 7) is 2.11. The molecule has 7 nitrogen and oxygen atoms in total. The van der Waals surface area contributed by atoms with Gasteiger partial charge in [0.25, 0.3) is 0 Å². The minimum atomic E-state index is -1.82. The highest BCUT2D eigenvalue weighted by atomic mass is 32.2. The van der Waals surface area contributed by atoms with Crippen LogP contribution in [0.2, 0.25) is 0 Å². The van der Waals surface area contributed by atoms with Gasteiger partial charge in [0.15, 0.2) is 0 Å². The standard InChI is InChI=1S/C13H17N3S2.C2H2O4/c1-3-4-5-9-17-13-12(14-18-15-13)11-7-6-8-16(2)10-11;3-1(4)2(5)6/h1,7H,4-6,8-10H2,2H3;(H,3,4)(H,5,6). The average Bonchev–Trinajstić information content (AvgIpc) is 3.00. The van der Waals surface area contributed by atoms with Gasteiger partial charge in [0.1, 0.15) is 10.7 Å². The van der Waals surface area contributed by atoms with Crippen LogP contribution in [0.1, 0.15) is 25.0 Å². The van der Waals surface area contributed by atoms with Gasteiger partial charge in [0, 0.05) is 25.3 Å². The summed E-state index contributed by atoms with van der Waals surface area (Å²) >= 11 is 3.07. The zero-order valence-electron chi connectivity index (χ0n) is 13.3. The van der Waals surface area contributed by atoms with E-state index in [4.69, 9.17) is 26.2 Å². The Morgan fingerprint density at radius 2 is 2.12 bits per heavy atom. The van der Waals surface area contributed by atoms with Crippen molar-refractivity contribution in [3.05, 3.63) is 11.8 Å². The number of thioether (sulfide) groups is 1. The van der Waals surface area contributed by atoms with Crippen LogP contribution in [0.15, 0.2) is 11.1 Å². The monoisotopic (exact) mass is 369 g/mol. The lowest BCUT2D eigenvalue weighted by Gasteiger charge is -2.22. The lowest BCUT2D eigenvalue weighted by molar-refractivity contribution is -0.159. The van der Waals surface area contributed by atoms with Crippen molar-refractivity contribution in [1.29, 1.82) is 0 Å². The van der Waals surface area contributed by atoms with Gasteiger partial charge in [0.2, 0.25) is 0 Å². The molecule has 0 saturated carbocycles. The van der Waals surface area contributed by atoms with Gasteiger partial charge in [-0.2, -0.15) is 8.75 Å². The van der Waals surface area contributed by atoms with Crippen LogP contribution in [-0.4, -0.2) is 61.7 Å². The predicted octanol–water partition coefficient (Wildman–Crippen LogP) is 1.92. The third-order valence-corrected chi connectivity index (χ3v) is 4.69. The predicted molar refractivity (Wildman–Crippen MR) is 94.1 cm³/mol. The Bertz CT molecular complexity index is 625. The summed E-state index contributed by atoms with van der Waals surface area (Å²) in [4.78, 5) is 20.5. The zero-order valence-corrected chi connectivity index (χ0v) is 14.9. The summed E-state index contributed by atoms with van der Waals surface area (Å²) in [7, 11) is 2.15. The molecule has 2 heterocycles. The molecule has 0 unspecified atom stereocenters. The smallest absolute Gasteiger partial charge is 0.414 e. The summed E-state index contributed by atoms with van der Waals surface area (Å²) in [5, 5.41) is 15.9. The molecule has 0 atom stereocenters. The number of carbonyl (C=O) groups is 2. The molecule has 0 fully saturated rings. The number of carboxylic acids is 2. The van der Waals surface area contributed by atoms with Crippen LogP contribution in [0, 0.1) is 12.3 Å². The molecule has 0 bridgehead atoms. The van der Waals surface area contributed by atoms with E-state index in [9.17, 15) is 0 Å². The first-order chi connectivity index (χ1) is 11.5. The highest BCUT2D eigenvalue weighted by Gasteiger charge is 2.17. The zero-order chi connectivity index (χ0) is 17.9. The van der Waals surface area contributed by atoms with Crippen molar-refractivity contribution >= 4 is 41.0 Å². The van der Waals surface area contributed by atoms with Crippen LogP contribution in [0.5, 0.6) is 0 Å². The maximum absolute atomic E-state index is 9.10. The fourth-order valence-corrected chi connectivity index (χ4v) is 3.53. The van der Waals surface area contributed by atoms with Gasteiger partial charge in [-0.1, -0.05) is 6.08 Å². The molecular formula is C15H19N3O4S2. The van der Waals surface area contributed by atoms with E-state index >= 15 is 0 Å². The lowest BCUT2D eigenvalue weighted by Crippen LogP contribution is -2.25. The van der Waals surface area contributed by atoms with E-state index in [2.05, 4.69) is 32.7 Å². The first kappa shape index (κ1) is 20.2. The molecule has 130 valence electrons. The molecule has 0 aliphatic carbocycles. The Balaban J connectivity index is 0.000000413. The van der Waals surface area contributed by atoms with E-state index in [1.807, 2.05) is 0 Å². The molecule has 0 amide bonds. The minimum absolute atomic E-state index is 0.839. The van der Waals surface area contributed by atoms with Crippen molar-refractivity contribution in [3.63, 3.8) is 0 Å². The van der Waals surface area contributed by atoms with Crippen molar-refractivity contribution in [1.82, 2.24) is 13.6 Å². The van der Waals surface area contributed by atoms with Crippen LogP contribution in [0.3, 0.4) is 0 Å². The quantitative estimate of drug-likeness (QED) is 0.351. The summed E-state index contributed by atoms with van der Waals surface area (Å²) in [5.41, 5.74) is 2.40. The van der Waals surface area contributed by atoms with Gasteiger partial charge in [-0.3, -0.25) is 0 Å². The third kappa shape index (κ3) is 7.12. The van der Waals surface area contributed by atoms with Crippen LogP contribution >= 0.6 is 23.5 Å². The van der Waals surface area contributed by atoms with Crippen molar-refractivity contribution < 1.29 is 19.8 Å². The van der Waals surface area contributed by atoms with E-state index in [0.717, 1.165) is 48.8 Å². The van der Waals surface area contributed by atoms with Crippen LogP contribution in [-0.2, 0) is 9.59 Å². The highest BCUT2D eigenvalue weighted by Crippen LogP contribution is 2.29.